The number of rotatable bonds is 11. The lowest BCUT2D eigenvalue weighted by atomic mass is 10.0. The number of hydrogen-bond donors (Lipinski definition) is 4. The Morgan fingerprint density at radius 2 is 1.84 bits per heavy atom. The van der Waals surface area contributed by atoms with Crippen molar-refractivity contribution in [1.82, 2.24) is 20.5 Å². The Bertz CT molecular complexity index is 1690. The molecule has 2 aromatic heterocycles. The quantitative estimate of drug-likeness (QED) is 0.196. The first-order valence-electron chi connectivity index (χ1n) is 14.2. The van der Waals surface area contributed by atoms with Gasteiger partial charge in [0.1, 0.15) is 23.9 Å². The van der Waals surface area contributed by atoms with Crippen molar-refractivity contribution in [2.45, 2.75) is 51.2 Å². The first-order chi connectivity index (χ1) is 20.6. The first kappa shape index (κ1) is 29.5. The zero-order valence-electron chi connectivity index (χ0n) is 23.8. The SMILES string of the molecule is CNC(=O)C(=O)CC[C@H](NC(=O)c1oc2ccccc2c1C)C(=O)Nc1cccn(CC(=O)NC2CC3C=CC2C3)c1=O. The summed E-state index contributed by atoms with van der Waals surface area (Å²) in [6.45, 7) is 1.48. The third kappa shape index (κ3) is 6.42. The van der Waals surface area contributed by atoms with E-state index < -0.39 is 35.1 Å². The number of carbonyl (C=O) groups is 5. The summed E-state index contributed by atoms with van der Waals surface area (Å²) in [7, 11) is 1.31. The maximum atomic E-state index is 13.4. The molecule has 3 aromatic rings. The molecule has 1 aromatic carbocycles. The van der Waals surface area contributed by atoms with E-state index in [1.165, 1.54) is 29.9 Å². The number of aromatic nitrogens is 1. The molecule has 4 amide bonds. The largest absolute Gasteiger partial charge is 0.451 e. The standard InChI is InChI=1S/C31H33N5O7/c1-17-20-6-3-4-8-25(20)43-27(17)30(41)34-21(11-12-24(37)29(40)32-2)28(39)35-22-7-5-13-36(31(22)42)16-26(38)33-23-15-18-9-10-19(23)14-18/h3-10,13,18-19,21,23H,11-12,14-16H2,1-2H3,(H,32,40)(H,33,38)(H,34,41)(H,35,39)/t18?,19?,21-,23?/m0/s1. The highest BCUT2D eigenvalue weighted by Gasteiger charge is 2.36. The molecule has 2 aliphatic carbocycles. The molecule has 12 nitrogen and oxygen atoms in total. The number of anilines is 1. The summed E-state index contributed by atoms with van der Waals surface area (Å²) in [4.78, 5) is 76.4. The fourth-order valence-corrected chi connectivity index (χ4v) is 5.74. The highest BCUT2D eigenvalue weighted by atomic mass is 16.3. The van der Waals surface area contributed by atoms with Crippen molar-refractivity contribution in [3.8, 4) is 0 Å². The molecule has 2 bridgehead atoms. The summed E-state index contributed by atoms with van der Waals surface area (Å²) >= 11 is 0. The van der Waals surface area contributed by atoms with Gasteiger partial charge in [-0.3, -0.25) is 28.8 Å². The van der Waals surface area contributed by atoms with Crippen molar-refractivity contribution in [3.05, 3.63) is 76.4 Å². The number of ketones is 1. The molecule has 0 saturated heterocycles. The van der Waals surface area contributed by atoms with E-state index in [9.17, 15) is 28.8 Å². The van der Waals surface area contributed by atoms with Crippen LogP contribution in [0, 0.1) is 18.8 Å². The lowest BCUT2D eigenvalue weighted by Gasteiger charge is -2.20. The Kier molecular flexibility index (Phi) is 8.56. The fourth-order valence-electron chi connectivity index (χ4n) is 5.74. The average molecular weight is 588 g/mol. The molecule has 4 N–H and O–H groups in total. The molecule has 2 aliphatic rings. The van der Waals surface area contributed by atoms with Gasteiger partial charge in [0.2, 0.25) is 17.6 Å². The van der Waals surface area contributed by atoms with E-state index in [0.29, 0.717) is 23.0 Å². The van der Waals surface area contributed by atoms with E-state index >= 15 is 0 Å². The van der Waals surface area contributed by atoms with Gasteiger partial charge in [0.15, 0.2) is 5.76 Å². The number of amides is 4. The van der Waals surface area contributed by atoms with E-state index in [2.05, 4.69) is 33.4 Å². The molecule has 2 heterocycles. The van der Waals surface area contributed by atoms with Crippen LogP contribution in [-0.4, -0.2) is 53.1 Å². The normalized spacial score (nSPS) is 19.2. The van der Waals surface area contributed by atoms with Gasteiger partial charge in [-0.2, -0.15) is 0 Å². The van der Waals surface area contributed by atoms with Crippen molar-refractivity contribution in [2.75, 3.05) is 12.4 Å². The summed E-state index contributed by atoms with van der Waals surface area (Å²) in [6, 6.07) is 8.72. The molecule has 0 spiro atoms. The number of pyridine rings is 1. The number of fused-ring (bicyclic) bond motifs is 3. The van der Waals surface area contributed by atoms with Crippen molar-refractivity contribution in [3.63, 3.8) is 0 Å². The maximum absolute atomic E-state index is 13.4. The smallest absolute Gasteiger partial charge is 0.287 e. The molecule has 1 saturated carbocycles. The summed E-state index contributed by atoms with van der Waals surface area (Å²) in [5.74, 6) is -2.60. The van der Waals surface area contributed by atoms with Crippen LogP contribution < -0.4 is 26.8 Å². The van der Waals surface area contributed by atoms with Crippen LogP contribution in [0.3, 0.4) is 0 Å². The molecule has 5 rings (SSSR count). The van der Waals surface area contributed by atoms with Crippen LogP contribution in [0.2, 0.25) is 0 Å². The number of aryl methyl sites for hydroxylation is 1. The van der Waals surface area contributed by atoms with Crippen LogP contribution >= 0.6 is 0 Å². The van der Waals surface area contributed by atoms with Crippen molar-refractivity contribution in [2.24, 2.45) is 11.8 Å². The number of Topliss-reactive ketones (excluding diaryl/α,β-unsaturated/α-hetero) is 1. The van der Waals surface area contributed by atoms with Gasteiger partial charge in [-0.15, -0.1) is 0 Å². The third-order valence-corrected chi connectivity index (χ3v) is 8.03. The van der Waals surface area contributed by atoms with Gasteiger partial charge >= 0.3 is 0 Å². The van der Waals surface area contributed by atoms with Gasteiger partial charge in [-0.05, 0) is 56.2 Å². The van der Waals surface area contributed by atoms with Gasteiger partial charge < -0.3 is 30.3 Å². The first-order valence-corrected chi connectivity index (χ1v) is 14.2. The summed E-state index contributed by atoms with van der Waals surface area (Å²) in [5, 5.41) is 11.1. The summed E-state index contributed by atoms with van der Waals surface area (Å²) in [5.41, 5.74) is 0.338. The maximum Gasteiger partial charge on any atom is 0.287 e. The number of carbonyl (C=O) groups excluding carboxylic acids is 5. The Hall–Kier alpha value is -5.00. The molecule has 0 aliphatic heterocycles. The molecule has 0 radical (unpaired) electrons. The minimum absolute atomic E-state index is 0.00400. The van der Waals surface area contributed by atoms with E-state index in [1.807, 2.05) is 0 Å². The molecule has 3 unspecified atom stereocenters. The highest BCUT2D eigenvalue weighted by Crippen LogP contribution is 2.38. The monoisotopic (exact) mass is 587 g/mol. The van der Waals surface area contributed by atoms with Gasteiger partial charge in [-0.25, -0.2) is 0 Å². The molecule has 4 atom stereocenters. The van der Waals surface area contributed by atoms with Gasteiger partial charge in [-0.1, -0.05) is 30.4 Å². The molecule has 43 heavy (non-hydrogen) atoms. The third-order valence-electron chi connectivity index (χ3n) is 8.03. The Balaban J connectivity index is 1.30. The Morgan fingerprint density at radius 1 is 1.05 bits per heavy atom. The van der Waals surface area contributed by atoms with E-state index in [-0.39, 0.29) is 42.8 Å². The molecular formula is C31H33N5O7. The highest BCUT2D eigenvalue weighted by molar-refractivity contribution is 6.36. The van der Waals surface area contributed by atoms with Crippen LogP contribution in [-0.2, 0) is 25.7 Å². The lowest BCUT2D eigenvalue weighted by molar-refractivity contribution is -0.137. The topological polar surface area (TPSA) is 169 Å². The van der Waals surface area contributed by atoms with Gasteiger partial charge in [0.25, 0.3) is 17.4 Å². The summed E-state index contributed by atoms with van der Waals surface area (Å²) in [6.07, 6.45) is 7.08. The van der Waals surface area contributed by atoms with E-state index in [1.54, 1.807) is 31.2 Å². The number of nitrogens with one attached hydrogen (secondary N) is 4. The minimum Gasteiger partial charge on any atom is -0.451 e. The van der Waals surface area contributed by atoms with Crippen LogP contribution in [0.1, 0.15) is 41.8 Å². The molecule has 12 heteroatoms. The van der Waals surface area contributed by atoms with E-state index in [4.69, 9.17) is 4.42 Å². The van der Waals surface area contributed by atoms with Crippen LogP contribution in [0.25, 0.3) is 11.0 Å². The predicted octanol–water partition coefficient (Wildman–Crippen LogP) is 1.82. The fraction of sp³-hybridized carbons (Fsp3) is 0.355. The number of allylic oxidation sites excluding steroid dienone is 1. The zero-order valence-corrected chi connectivity index (χ0v) is 23.8. The van der Waals surface area contributed by atoms with Crippen molar-refractivity contribution in [1.29, 1.82) is 0 Å². The molecule has 224 valence electrons. The van der Waals surface area contributed by atoms with Crippen molar-refractivity contribution < 1.29 is 28.4 Å². The Labute approximate surface area is 246 Å². The van der Waals surface area contributed by atoms with Crippen LogP contribution in [0.4, 0.5) is 5.69 Å². The average Bonchev–Trinajstić information content (AvgIpc) is 3.71. The van der Waals surface area contributed by atoms with E-state index in [0.717, 1.165) is 18.2 Å². The van der Waals surface area contributed by atoms with Crippen LogP contribution in [0.5, 0.6) is 0 Å². The number of nitrogens with zero attached hydrogens (tertiary/aromatic N) is 1. The predicted molar refractivity (Wildman–Crippen MR) is 157 cm³/mol. The van der Waals surface area contributed by atoms with Crippen LogP contribution in [0.15, 0.2) is 64.0 Å². The Morgan fingerprint density at radius 3 is 2.53 bits per heavy atom. The number of hydrogen-bond acceptors (Lipinski definition) is 7. The lowest BCUT2D eigenvalue weighted by Crippen LogP contribution is -2.45. The van der Waals surface area contributed by atoms with Gasteiger partial charge in [0.05, 0.1) is 0 Å². The molecular weight excluding hydrogens is 554 g/mol. The number of likely N-dealkylation sites (N-methyl/N-ethyl adjacent to an activating group) is 1. The number of benzene rings is 1. The zero-order chi connectivity index (χ0) is 30.7. The second-order valence-electron chi connectivity index (χ2n) is 10.9. The van der Waals surface area contributed by atoms with Crippen molar-refractivity contribution >= 4 is 46.1 Å². The molecule has 1 fully saturated rings. The number of para-hydroxylation sites is 1. The second-order valence-corrected chi connectivity index (χ2v) is 10.9. The second kappa shape index (κ2) is 12.5. The van der Waals surface area contributed by atoms with Gasteiger partial charge in [0, 0.05) is 36.7 Å². The minimum atomic E-state index is -1.30. The number of furan rings is 1. The summed E-state index contributed by atoms with van der Waals surface area (Å²) < 4.78 is 6.90.